The Hall–Kier alpha value is -5.66. The molecule has 0 N–H and O–H groups in total. The summed E-state index contributed by atoms with van der Waals surface area (Å²) in [5, 5.41) is 9.70. The van der Waals surface area contributed by atoms with E-state index in [1.54, 1.807) is 0 Å². The largest absolute Gasteiger partial charge is 0.455 e. The lowest BCUT2D eigenvalue weighted by atomic mass is 9.83. The first kappa shape index (κ1) is 24.0. The summed E-state index contributed by atoms with van der Waals surface area (Å²) < 4.78 is 6.69. The van der Waals surface area contributed by atoms with Gasteiger partial charge in [0.2, 0.25) is 0 Å². The number of benzene rings is 8. The molecule has 0 spiro atoms. The average Bonchev–Trinajstić information content (AvgIpc) is 3.44. The molecule has 1 aromatic heterocycles. The molecule has 9 rings (SSSR count). The third-order valence-electron chi connectivity index (χ3n) is 8.85. The summed E-state index contributed by atoms with van der Waals surface area (Å²) >= 11 is 0. The Balaban J connectivity index is 1.37. The van der Waals surface area contributed by atoms with Crippen LogP contribution in [-0.4, -0.2) is 0 Å². The molecule has 0 radical (unpaired) electrons. The van der Waals surface area contributed by atoms with E-state index in [1.807, 2.05) is 0 Å². The smallest absolute Gasteiger partial charge is 0.143 e. The Morgan fingerprint density at radius 3 is 1.53 bits per heavy atom. The summed E-state index contributed by atoms with van der Waals surface area (Å²) in [5.41, 5.74) is 9.08. The van der Waals surface area contributed by atoms with Gasteiger partial charge in [0.05, 0.1) is 0 Å². The van der Waals surface area contributed by atoms with Crippen molar-refractivity contribution in [2.24, 2.45) is 0 Å². The summed E-state index contributed by atoms with van der Waals surface area (Å²) in [7, 11) is 0. The van der Waals surface area contributed by atoms with E-state index in [-0.39, 0.29) is 0 Å². The normalized spacial score (nSPS) is 11.7. The van der Waals surface area contributed by atoms with Gasteiger partial charge in [-0.3, -0.25) is 0 Å². The molecule has 0 fully saturated rings. The number of para-hydroxylation sites is 1. The Bertz CT molecular complexity index is 2440. The molecule has 0 aliphatic carbocycles. The van der Waals surface area contributed by atoms with Crippen molar-refractivity contribution in [3.63, 3.8) is 0 Å². The van der Waals surface area contributed by atoms with E-state index in [0.29, 0.717) is 0 Å². The van der Waals surface area contributed by atoms with Crippen molar-refractivity contribution in [2.75, 3.05) is 0 Å². The van der Waals surface area contributed by atoms with Crippen LogP contribution in [-0.2, 0) is 0 Å². The quantitative estimate of drug-likeness (QED) is 0.201. The lowest BCUT2D eigenvalue weighted by Crippen LogP contribution is -1.92. The Morgan fingerprint density at radius 2 is 0.837 bits per heavy atom. The second-order valence-electron chi connectivity index (χ2n) is 11.2. The van der Waals surface area contributed by atoms with E-state index >= 15 is 0 Å². The topological polar surface area (TPSA) is 13.1 Å². The minimum atomic E-state index is 0.918. The molecule has 1 heteroatoms. The van der Waals surface area contributed by atoms with Crippen molar-refractivity contribution in [3.8, 4) is 33.4 Å². The van der Waals surface area contributed by atoms with E-state index < -0.39 is 0 Å². The van der Waals surface area contributed by atoms with Crippen LogP contribution in [0.3, 0.4) is 0 Å². The van der Waals surface area contributed by atoms with Crippen LogP contribution in [0.15, 0.2) is 162 Å². The molecule has 43 heavy (non-hydrogen) atoms. The molecule has 9 aromatic rings. The molecule has 1 nitrogen and oxygen atoms in total. The molecule has 8 aromatic carbocycles. The van der Waals surface area contributed by atoms with Crippen molar-refractivity contribution in [1.29, 1.82) is 0 Å². The van der Waals surface area contributed by atoms with Crippen LogP contribution in [0.1, 0.15) is 0 Å². The SMILES string of the molecule is c1ccc(-c2c3ccccc3c(-c3ccccc3-c3cccc4c3oc3cc5ccccc5cc34)c3ccccc23)cc1. The number of rotatable bonds is 3. The van der Waals surface area contributed by atoms with Crippen LogP contribution in [0, 0.1) is 0 Å². The predicted molar refractivity (Wildman–Crippen MR) is 183 cm³/mol. The Labute approximate surface area is 249 Å². The summed E-state index contributed by atoms with van der Waals surface area (Å²) in [6, 6.07) is 56.7. The van der Waals surface area contributed by atoms with Crippen LogP contribution < -0.4 is 0 Å². The maximum Gasteiger partial charge on any atom is 0.143 e. The fraction of sp³-hybridized carbons (Fsp3) is 0. The van der Waals surface area contributed by atoms with Crippen LogP contribution in [0.2, 0.25) is 0 Å². The average molecular weight is 547 g/mol. The van der Waals surface area contributed by atoms with Crippen molar-refractivity contribution in [3.05, 3.63) is 158 Å². The molecule has 0 saturated heterocycles. The van der Waals surface area contributed by atoms with Crippen molar-refractivity contribution >= 4 is 54.3 Å². The number of hydrogen-bond donors (Lipinski definition) is 0. The van der Waals surface area contributed by atoms with Crippen molar-refractivity contribution in [1.82, 2.24) is 0 Å². The second kappa shape index (κ2) is 9.44. The zero-order valence-corrected chi connectivity index (χ0v) is 23.4. The van der Waals surface area contributed by atoms with E-state index in [4.69, 9.17) is 4.42 Å². The molecule has 0 unspecified atom stereocenters. The standard InChI is InChI=1S/C42H26O/c1-2-13-27(14-3-1)40-32-19-8-10-21-34(32)41(35-22-11-9-20-33(35)40)31-18-7-6-17-30(31)36-23-12-24-37-38-25-28-15-4-5-16-29(28)26-39(38)43-42(36)37/h1-26H. The number of hydrogen-bond acceptors (Lipinski definition) is 1. The van der Waals surface area contributed by atoms with Crippen LogP contribution in [0.4, 0.5) is 0 Å². The van der Waals surface area contributed by atoms with Gasteiger partial charge in [0.1, 0.15) is 11.2 Å². The van der Waals surface area contributed by atoms with Crippen molar-refractivity contribution in [2.45, 2.75) is 0 Å². The maximum absolute atomic E-state index is 6.69. The second-order valence-corrected chi connectivity index (χ2v) is 11.2. The third kappa shape index (κ3) is 3.65. The highest BCUT2D eigenvalue weighted by Crippen LogP contribution is 2.47. The zero-order valence-electron chi connectivity index (χ0n) is 23.4. The summed E-state index contributed by atoms with van der Waals surface area (Å²) in [6.45, 7) is 0. The van der Waals surface area contributed by atoms with E-state index in [0.717, 1.165) is 27.5 Å². The van der Waals surface area contributed by atoms with Crippen LogP contribution >= 0.6 is 0 Å². The summed E-state index contributed by atoms with van der Waals surface area (Å²) in [4.78, 5) is 0. The first-order valence-corrected chi connectivity index (χ1v) is 14.8. The van der Waals surface area contributed by atoms with E-state index in [1.165, 1.54) is 60.1 Å². The lowest BCUT2D eigenvalue weighted by molar-refractivity contribution is 0.670. The van der Waals surface area contributed by atoms with Gasteiger partial charge in [-0.05, 0) is 72.3 Å². The minimum absolute atomic E-state index is 0.918. The van der Waals surface area contributed by atoms with Gasteiger partial charge in [-0.25, -0.2) is 0 Å². The highest BCUT2D eigenvalue weighted by atomic mass is 16.3. The maximum atomic E-state index is 6.69. The third-order valence-corrected chi connectivity index (χ3v) is 8.85. The fourth-order valence-electron chi connectivity index (χ4n) is 6.97. The molecule has 0 aliphatic rings. The lowest BCUT2D eigenvalue weighted by Gasteiger charge is -2.19. The molecule has 0 bridgehead atoms. The van der Waals surface area contributed by atoms with Gasteiger partial charge in [-0.1, -0.05) is 146 Å². The predicted octanol–water partition coefficient (Wildman–Crippen LogP) is 12.0. The highest BCUT2D eigenvalue weighted by molar-refractivity contribution is 6.23. The van der Waals surface area contributed by atoms with Gasteiger partial charge in [0.15, 0.2) is 0 Å². The van der Waals surface area contributed by atoms with Crippen molar-refractivity contribution < 1.29 is 4.42 Å². The number of fused-ring (bicyclic) bond motifs is 6. The van der Waals surface area contributed by atoms with Gasteiger partial charge in [0.25, 0.3) is 0 Å². The van der Waals surface area contributed by atoms with Gasteiger partial charge < -0.3 is 4.42 Å². The zero-order chi connectivity index (χ0) is 28.3. The molecule has 0 saturated carbocycles. The van der Waals surface area contributed by atoms with Gasteiger partial charge in [-0.2, -0.15) is 0 Å². The Kier molecular flexibility index (Phi) is 5.27. The summed E-state index contributed by atoms with van der Waals surface area (Å²) in [6.07, 6.45) is 0. The molecule has 0 aliphatic heterocycles. The summed E-state index contributed by atoms with van der Waals surface area (Å²) in [5.74, 6) is 0. The molecular weight excluding hydrogens is 520 g/mol. The minimum Gasteiger partial charge on any atom is -0.455 e. The first-order valence-electron chi connectivity index (χ1n) is 14.8. The van der Waals surface area contributed by atoms with E-state index in [2.05, 4.69) is 158 Å². The molecule has 0 amide bonds. The van der Waals surface area contributed by atoms with Gasteiger partial charge in [-0.15, -0.1) is 0 Å². The fourth-order valence-corrected chi connectivity index (χ4v) is 6.97. The van der Waals surface area contributed by atoms with E-state index in [9.17, 15) is 0 Å². The first-order chi connectivity index (χ1) is 21.3. The van der Waals surface area contributed by atoms with Crippen LogP contribution in [0.5, 0.6) is 0 Å². The monoisotopic (exact) mass is 546 g/mol. The highest BCUT2D eigenvalue weighted by Gasteiger charge is 2.20. The Morgan fingerprint density at radius 1 is 0.326 bits per heavy atom. The molecule has 0 atom stereocenters. The number of furan rings is 1. The molecular formula is C42H26O. The van der Waals surface area contributed by atoms with Crippen LogP contribution in [0.25, 0.3) is 87.6 Å². The molecule has 200 valence electrons. The molecule has 1 heterocycles. The van der Waals surface area contributed by atoms with Gasteiger partial charge >= 0.3 is 0 Å². The van der Waals surface area contributed by atoms with Gasteiger partial charge in [0, 0.05) is 16.3 Å².